The van der Waals surface area contributed by atoms with E-state index in [4.69, 9.17) is 5.73 Å². The predicted octanol–water partition coefficient (Wildman–Crippen LogP) is 1.68. The highest BCUT2D eigenvalue weighted by Crippen LogP contribution is 2.22. The number of aromatic nitrogens is 2. The highest BCUT2D eigenvalue weighted by Gasteiger charge is 2.07. The maximum Gasteiger partial charge on any atom is 0.276 e. The Labute approximate surface area is 108 Å². The number of fused-ring (bicyclic) bond motifs is 1. The smallest absolute Gasteiger partial charge is 0.276 e. The van der Waals surface area contributed by atoms with Gasteiger partial charge in [0.1, 0.15) is 0 Å². The fourth-order valence-corrected chi connectivity index (χ4v) is 3.15. The zero-order valence-electron chi connectivity index (χ0n) is 7.58. The average molecular weight is 380 g/mol. The van der Waals surface area contributed by atoms with E-state index in [9.17, 15) is 4.79 Å². The van der Waals surface area contributed by atoms with Crippen molar-refractivity contribution in [3.8, 4) is 0 Å². The molecule has 0 atom stereocenters. The molecular formula is C9H7BrIN3O. The van der Waals surface area contributed by atoms with Crippen molar-refractivity contribution in [2.24, 2.45) is 5.73 Å². The van der Waals surface area contributed by atoms with Gasteiger partial charge in [-0.1, -0.05) is 15.9 Å². The van der Waals surface area contributed by atoms with Gasteiger partial charge in [-0.15, -0.1) is 0 Å². The molecule has 2 rings (SSSR count). The highest BCUT2D eigenvalue weighted by molar-refractivity contribution is 14.1. The van der Waals surface area contributed by atoms with Gasteiger partial charge in [0.25, 0.3) is 5.56 Å². The van der Waals surface area contributed by atoms with Crippen LogP contribution in [0.25, 0.3) is 10.8 Å². The molecule has 0 unspecified atom stereocenters. The van der Waals surface area contributed by atoms with Gasteiger partial charge in [-0.2, -0.15) is 5.10 Å². The van der Waals surface area contributed by atoms with Gasteiger partial charge in [-0.05, 0) is 34.7 Å². The molecule has 1 aromatic heterocycles. The van der Waals surface area contributed by atoms with E-state index in [1.165, 1.54) is 4.68 Å². The number of hydrogen-bond acceptors (Lipinski definition) is 3. The topological polar surface area (TPSA) is 60.9 Å². The monoisotopic (exact) mass is 379 g/mol. The van der Waals surface area contributed by atoms with Crippen molar-refractivity contribution in [1.29, 1.82) is 0 Å². The number of rotatable bonds is 1. The lowest BCUT2D eigenvalue weighted by Gasteiger charge is -2.04. The molecular weight excluding hydrogens is 373 g/mol. The van der Waals surface area contributed by atoms with Crippen LogP contribution in [0.5, 0.6) is 0 Å². The molecule has 0 bridgehead atoms. The predicted molar refractivity (Wildman–Crippen MR) is 70.6 cm³/mol. The number of nitrogens with zero attached hydrogens (tertiary/aromatic N) is 2. The minimum Gasteiger partial charge on any atom is -0.312 e. The standard InChI is InChI=1S/C9H7BrIN3O/c10-6-1-5-3-13-14(4-12)9(15)8(5)7(11)2-6/h1-3H,4,12H2. The van der Waals surface area contributed by atoms with Crippen LogP contribution in [0.15, 0.2) is 27.6 Å². The van der Waals surface area contributed by atoms with Crippen LogP contribution in [0.4, 0.5) is 0 Å². The number of halogens is 2. The van der Waals surface area contributed by atoms with Crippen LogP contribution in [0.3, 0.4) is 0 Å². The van der Waals surface area contributed by atoms with Crippen LogP contribution in [0.2, 0.25) is 0 Å². The summed E-state index contributed by atoms with van der Waals surface area (Å²) in [7, 11) is 0. The van der Waals surface area contributed by atoms with E-state index < -0.39 is 0 Å². The maximum atomic E-state index is 11.9. The third-order valence-corrected chi connectivity index (χ3v) is 3.35. The normalized spacial score (nSPS) is 10.9. The summed E-state index contributed by atoms with van der Waals surface area (Å²) in [5.41, 5.74) is 5.26. The van der Waals surface area contributed by atoms with Crippen molar-refractivity contribution in [1.82, 2.24) is 9.78 Å². The quantitative estimate of drug-likeness (QED) is 0.767. The molecule has 2 N–H and O–H groups in total. The van der Waals surface area contributed by atoms with Gasteiger partial charge in [0, 0.05) is 13.4 Å². The van der Waals surface area contributed by atoms with Gasteiger partial charge in [0.05, 0.1) is 18.3 Å². The van der Waals surface area contributed by atoms with Gasteiger partial charge < -0.3 is 5.73 Å². The second-order valence-electron chi connectivity index (χ2n) is 2.98. The van der Waals surface area contributed by atoms with Gasteiger partial charge >= 0.3 is 0 Å². The van der Waals surface area contributed by atoms with Crippen LogP contribution in [-0.4, -0.2) is 9.78 Å². The molecule has 1 heterocycles. The summed E-state index contributed by atoms with van der Waals surface area (Å²) in [5, 5.41) is 5.45. The molecule has 0 spiro atoms. The summed E-state index contributed by atoms with van der Waals surface area (Å²) in [6.07, 6.45) is 1.65. The zero-order valence-corrected chi connectivity index (χ0v) is 11.3. The van der Waals surface area contributed by atoms with Crippen LogP contribution < -0.4 is 11.3 Å². The fraction of sp³-hybridized carbons (Fsp3) is 0.111. The number of hydrogen-bond donors (Lipinski definition) is 1. The lowest BCUT2D eigenvalue weighted by atomic mass is 10.2. The van der Waals surface area contributed by atoms with Gasteiger partial charge in [-0.25, -0.2) is 4.68 Å². The molecule has 0 fully saturated rings. The Hall–Kier alpha value is -0.470. The Morgan fingerprint density at radius 3 is 2.93 bits per heavy atom. The summed E-state index contributed by atoms with van der Waals surface area (Å²) < 4.78 is 3.08. The van der Waals surface area contributed by atoms with E-state index in [2.05, 4.69) is 43.6 Å². The lowest BCUT2D eigenvalue weighted by molar-refractivity contribution is 0.604. The minimum atomic E-state index is -0.146. The molecule has 0 saturated heterocycles. The van der Waals surface area contributed by atoms with E-state index in [0.717, 1.165) is 13.4 Å². The van der Waals surface area contributed by atoms with Crippen LogP contribution >= 0.6 is 38.5 Å². The second kappa shape index (κ2) is 4.18. The summed E-state index contributed by atoms with van der Waals surface area (Å²) in [5.74, 6) is 0. The summed E-state index contributed by atoms with van der Waals surface area (Å²) in [6.45, 7) is 0.0981. The van der Waals surface area contributed by atoms with E-state index in [1.54, 1.807) is 6.20 Å². The fourth-order valence-electron chi connectivity index (χ4n) is 1.36. The van der Waals surface area contributed by atoms with Gasteiger partial charge in [-0.3, -0.25) is 4.79 Å². The molecule has 1 aromatic carbocycles. The molecule has 0 aliphatic heterocycles. The lowest BCUT2D eigenvalue weighted by Crippen LogP contribution is -2.26. The van der Waals surface area contributed by atoms with Crippen LogP contribution in [0, 0.1) is 3.57 Å². The molecule has 15 heavy (non-hydrogen) atoms. The van der Waals surface area contributed by atoms with Crippen molar-refractivity contribution in [3.63, 3.8) is 0 Å². The van der Waals surface area contributed by atoms with E-state index in [1.807, 2.05) is 12.1 Å². The van der Waals surface area contributed by atoms with Gasteiger partial charge in [0.15, 0.2) is 0 Å². The first kappa shape index (κ1) is 11.0. The average Bonchev–Trinajstić information content (AvgIpc) is 2.17. The zero-order chi connectivity index (χ0) is 11.0. The second-order valence-corrected chi connectivity index (χ2v) is 5.06. The first-order valence-corrected chi connectivity index (χ1v) is 6.05. The molecule has 4 nitrogen and oxygen atoms in total. The molecule has 78 valence electrons. The van der Waals surface area contributed by atoms with E-state index in [0.29, 0.717) is 5.39 Å². The summed E-state index contributed by atoms with van der Waals surface area (Å²) >= 11 is 5.51. The maximum absolute atomic E-state index is 11.9. The minimum absolute atomic E-state index is 0.0981. The Morgan fingerprint density at radius 1 is 1.53 bits per heavy atom. The van der Waals surface area contributed by atoms with Crippen molar-refractivity contribution in [3.05, 3.63) is 36.7 Å². The van der Waals surface area contributed by atoms with Crippen molar-refractivity contribution in [2.45, 2.75) is 6.67 Å². The first-order chi connectivity index (χ1) is 7.13. The molecule has 2 aromatic rings. The van der Waals surface area contributed by atoms with Crippen LogP contribution in [0.1, 0.15) is 0 Å². The number of nitrogens with two attached hydrogens (primary N) is 1. The third-order valence-electron chi connectivity index (χ3n) is 2.04. The van der Waals surface area contributed by atoms with Crippen molar-refractivity contribution in [2.75, 3.05) is 0 Å². The van der Waals surface area contributed by atoms with Gasteiger partial charge in [0.2, 0.25) is 0 Å². The highest BCUT2D eigenvalue weighted by atomic mass is 127. The largest absolute Gasteiger partial charge is 0.312 e. The summed E-state index contributed by atoms with van der Waals surface area (Å²) in [4.78, 5) is 11.9. The molecule has 0 radical (unpaired) electrons. The molecule has 0 aliphatic rings. The number of benzene rings is 1. The van der Waals surface area contributed by atoms with Crippen molar-refractivity contribution < 1.29 is 0 Å². The van der Waals surface area contributed by atoms with Crippen molar-refractivity contribution >= 4 is 49.3 Å². The summed E-state index contributed by atoms with van der Waals surface area (Å²) in [6, 6.07) is 3.76. The molecule has 0 amide bonds. The first-order valence-electron chi connectivity index (χ1n) is 4.18. The SMILES string of the molecule is NCn1ncc2cc(Br)cc(I)c2c1=O. The Kier molecular flexibility index (Phi) is 3.08. The van der Waals surface area contributed by atoms with E-state index in [-0.39, 0.29) is 12.2 Å². The molecule has 0 saturated carbocycles. The van der Waals surface area contributed by atoms with E-state index >= 15 is 0 Å². The Morgan fingerprint density at radius 2 is 2.27 bits per heavy atom. The van der Waals surface area contributed by atoms with Crippen LogP contribution in [-0.2, 0) is 6.67 Å². The molecule has 6 heteroatoms. The third kappa shape index (κ3) is 1.93. The Balaban J connectivity index is 2.93. The molecule has 0 aliphatic carbocycles. The Bertz CT molecular complexity index is 581.